The van der Waals surface area contributed by atoms with Gasteiger partial charge in [-0.1, -0.05) is 72.8 Å². The molecule has 0 heterocycles. The fraction of sp³-hybridized carbons (Fsp3) is 0. The molecule has 272 valence electrons. The predicted molar refractivity (Wildman–Crippen MR) is 195 cm³/mol. The fourth-order valence-corrected chi connectivity index (χ4v) is 6.88. The summed E-state index contributed by atoms with van der Waals surface area (Å²) in [5, 5.41) is 57.0. The van der Waals surface area contributed by atoms with Gasteiger partial charge < -0.3 is 20.4 Å². The van der Waals surface area contributed by atoms with Crippen molar-refractivity contribution in [3.63, 3.8) is 0 Å². The number of hydrogen-bond acceptors (Lipinski definition) is 12. The van der Waals surface area contributed by atoms with Crippen LogP contribution in [0.3, 0.4) is 0 Å². The predicted octanol–water partition coefficient (Wildman–Crippen LogP) is 8.30. The van der Waals surface area contributed by atoms with Crippen LogP contribution >= 0.6 is 0 Å². The Morgan fingerprint density at radius 1 is 0.500 bits per heavy atom. The molecule has 0 saturated carbocycles. The Bertz CT molecular complexity index is 2680. The molecular formula is C36H24N4O12S2. The highest BCUT2D eigenvalue weighted by Gasteiger charge is 2.20. The lowest BCUT2D eigenvalue weighted by molar-refractivity contribution is 0.0682. The molecule has 0 atom stereocenters. The molecule has 18 heteroatoms. The average molecular weight is 769 g/mol. The average Bonchev–Trinajstić information content (AvgIpc) is 3.13. The molecule has 6 aromatic carbocycles. The zero-order chi connectivity index (χ0) is 38.9. The van der Waals surface area contributed by atoms with Crippen LogP contribution in [0.5, 0.6) is 11.5 Å². The number of fused-ring (bicyclic) bond motifs is 2. The van der Waals surface area contributed by atoms with E-state index < -0.39 is 64.6 Å². The Morgan fingerprint density at radius 3 is 1.19 bits per heavy atom. The summed E-state index contributed by atoms with van der Waals surface area (Å²) in [5.74, 6) is -3.79. The lowest BCUT2D eigenvalue weighted by atomic mass is 10.0. The molecule has 0 aliphatic heterocycles. The summed E-state index contributed by atoms with van der Waals surface area (Å²) >= 11 is 0. The number of azo groups is 2. The molecule has 54 heavy (non-hydrogen) atoms. The maximum absolute atomic E-state index is 12.4. The van der Waals surface area contributed by atoms with Crippen LogP contribution in [0, 0.1) is 0 Å². The summed E-state index contributed by atoms with van der Waals surface area (Å²) in [6.45, 7) is 0. The third-order valence-corrected chi connectivity index (χ3v) is 9.81. The van der Waals surface area contributed by atoms with Gasteiger partial charge in [0.2, 0.25) is 0 Å². The minimum atomic E-state index is -4.92. The van der Waals surface area contributed by atoms with Crippen molar-refractivity contribution in [3.8, 4) is 11.5 Å². The molecule has 0 aliphatic carbocycles. The van der Waals surface area contributed by atoms with Crippen molar-refractivity contribution in [2.45, 2.75) is 9.79 Å². The van der Waals surface area contributed by atoms with Gasteiger partial charge in [0, 0.05) is 21.5 Å². The second-order valence-electron chi connectivity index (χ2n) is 11.4. The first kappa shape index (κ1) is 36.9. The van der Waals surface area contributed by atoms with E-state index in [4.69, 9.17) is 0 Å². The first-order valence-electron chi connectivity index (χ1n) is 15.2. The molecule has 0 aliphatic rings. The maximum Gasteiger partial charge on any atom is 0.339 e. The molecule has 6 rings (SSSR count). The molecule has 0 aromatic heterocycles. The maximum atomic E-state index is 12.4. The first-order valence-corrected chi connectivity index (χ1v) is 18.1. The van der Waals surface area contributed by atoms with Crippen molar-refractivity contribution in [1.82, 2.24) is 0 Å². The number of aromatic carboxylic acids is 2. The van der Waals surface area contributed by atoms with E-state index in [0.717, 1.165) is 36.4 Å². The summed E-state index contributed by atoms with van der Waals surface area (Å²) in [6, 6.07) is 21.7. The normalized spacial score (nSPS) is 12.4. The molecule has 0 bridgehead atoms. The highest BCUT2D eigenvalue weighted by atomic mass is 32.2. The third-order valence-electron chi connectivity index (χ3n) is 7.99. The smallest absolute Gasteiger partial charge is 0.339 e. The SMILES string of the molecule is O=C(O)c1cc(N=Nc2ccc(/C=C/c3ccc(N=Nc4cc(C(=O)O)c(O)c5ccccc45)cc3S(=O)(=O)O)c(S(=O)(=O)O)c2)c2ccccc2c1O. The first-order chi connectivity index (χ1) is 25.5. The molecule has 0 fully saturated rings. The number of carbonyl (C=O) groups is 2. The fourth-order valence-electron chi connectivity index (χ4n) is 5.47. The number of rotatable bonds is 10. The van der Waals surface area contributed by atoms with Gasteiger partial charge in [0.05, 0.1) is 22.7 Å². The van der Waals surface area contributed by atoms with Gasteiger partial charge in [-0.2, -0.15) is 27.1 Å². The zero-order valence-corrected chi connectivity index (χ0v) is 28.8. The van der Waals surface area contributed by atoms with Crippen molar-refractivity contribution in [2.75, 3.05) is 0 Å². The van der Waals surface area contributed by atoms with Crippen LogP contribution < -0.4 is 0 Å². The van der Waals surface area contributed by atoms with Crippen LogP contribution in [0.2, 0.25) is 0 Å². The van der Waals surface area contributed by atoms with Crippen molar-refractivity contribution in [2.24, 2.45) is 20.5 Å². The van der Waals surface area contributed by atoms with E-state index in [1.807, 2.05) is 0 Å². The van der Waals surface area contributed by atoms with Gasteiger partial charge in [-0.25, -0.2) is 9.59 Å². The summed E-state index contributed by atoms with van der Waals surface area (Å²) in [5.41, 5.74) is -1.22. The van der Waals surface area contributed by atoms with Crippen LogP contribution in [0.15, 0.2) is 127 Å². The molecule has 16 nitrogen and oxygen atoms in total. The molecular weight excluding hydrogens is 745 g/mol. The molecule has 0 unspecified atom stereocenters. The summed E-state index contributed by atoms with van der Waals surface area (Å²) < 4.78 is 69.6. The molecule has 6 N–H and O–H groups in total. The van der Waals surface area contributed by atoms with E-state index in [1.165, 1.54) is 36.4 Å². The van der Waals surface area contributed by atoms with E-state index in [0.29, 0.717) is 10.8 Å². The van der Waals surface area contributed by atoms with Crippen LogP contribution in [-0.4, -0.2) is 58.3 Å². The number of carboxylic acids is 2. The summed E-state index contributed by atoms with van der Waals surface area (Å²) in [7, 11) is -9.84. The number of aromatic hydroxyl groups is 2. The topological polar surface area (TPSA) is 273 Å². The lowest BCUT2D eigenvalue weighted by Crippen LogP contribution is -2.01. The van der Waals surface area contributed by atoms with E-state index in [2.05, 4.69) is 20.5 Å². The van der Waals surface area contributed by atoms with Crippen molar-refractivity contribution in [1.29, 1.82) is 0 Å². The quantitative estimate of drug-likeness (QED) is 0.0436. The van der Waals surface area contributed by atoms with E-state index in [-0.39, 0.29) is 44.6 Å². The van der Waals surface area contributed by atoms with Crippen LogP contribution in [0.4, 0.5) is 22.7 Å². The van der Waals surface area contributed by atoms with E-state index >= 15 is 0 Å². The molecule has 0 saturated heterocycles. The molecule has 0 amide bonds. The van der Waals surface area contributed by atoms with E-state index in [1.54, 1.807) is 36.4 Å². The minimum absolute atomic E-state index is 0.0420. The number of nitrogens with zero attached hydrogens (tertiary/aromatic N) is 4. The second kappa shape index (κ2) is 14.3. The van der Waals surface area contributed by atoms with Gasteiger partial charge in [0.15, 0.2) is 0 Å². The molecule has 6 aromatic rings. The Morgan fingerprint density at radius 2 is 0.852 bits per heavy atom. The third kappa shape index (κ3) is 7.52. The lowest BCUT2D eigenvalue weighted by Gasteiger charge is -2.08. The van der Waals surface area contributed by atoms with Crippen molar-refractivity contribution < 1.29 is 56.0 Å². The number of carboxylic acid groups (broad SMARTS) is 2. The Kier molecular flexibility index (Phi) is 9.76. The number of hydrogen-bond donors (Lipinski definition) is 6. The van der Waals surface area contributed by atoms with Gasteiger partial charge in [0.25, 0.3) is 20.2 Å². The molecule has 0 spiro atoms. The minimum Gasteiger partial charge on any atom is -0.506 e. The second-order valence-corrected chi connectivity index (χ2v) is 14.2. The van der Waals surface area contributed by atoms with Crippen molar-refractivity contribution >= 4 is 88.6 Å². The zero-order valence-electron chi connectivity index (χ0n) is 27.1. The summed E-state index contributed by atoms with van der Waals surface area (Å²) in [6.07, 6.45) is 2.30. The number of phenols is 2. The van der Waals surface area contributed by atoms with Gasteiger partial charge in [-0.05, 0) is 47.5 Å². The van der Waals surface area contributed by atoms with Crippen LogP contribution in [0.1, 0.15) is 31.8 Å². The Labute approximate surface area is 304 Å². The molecule has 0 radical (unpaired) electrons. The van der Waals surface area contributed by atoms with Crippen LogP contribution in [-0.2, 0) is 20.2 Å². The highest BCUT2D eigenvalue weighted by Crippen LogP contribution is 2.39. The monoisotopic (exact) mass is 768 g/mol. The van der Waals surface area contributed by atoms with Crippen molar-refractivity contribution in [3.05, 3.63) is 119 Å². The Hall–Kier alpha value is -6.86. The number of benzene rings is 6. The van der Waals surface area contributed by atoms with Crippen LogP contribution in [0.25, 0.3) is 33.7 Å². The van der Waals surface area contributed by atoms with Gasteiger partial charge in [-0.3, -0.25) is 9.11 Å². The largest absolute Gasteiger partial charge is 0.506 e. The Balaban J connectivity index is 1.35. The summed E-state index contributed by atoms with van der Waals surface area (Å²) in [4.78, 5) is 22.1. The standard InChI is InChI=1S/C36H24N4O12S2/c41-33-25-7-3-1-5-23(25)29(17-27(33)35(43)44)39-37-21-13-11-19(31(15-21)53(47,48)49)9-10-20-12-14-22(16-32(20)54(50,51)52)38-40-30-18-28(36(45)46)34(42)26-8-4-2-6-24(26)30/h1-18,41-42H,(H,43,44)(H,45,46)(H,47,48,49)(H,50,51,52)/b10-9+,39-37?,40-38?. The van der Waals surface area contributed by atoms with Gasteiger partial charge >= 0.3 is 11.9 Å². The van der Waals surface area contributed by atoms with E-state index in [9.17, 15) is 56.0 Å². The highest BCUT2D eigenvalue weighted by molar-refractivity contribution is 7.86. The van der Waals surface area contributed by atoms with Gasteiger partial charge in [0.1, 0.15) is 32.4 Å². The van der Waals surface area contributed by atoms with Gasteiger partial charge in [-0.15, -0.1) is 10.2 Å².